The molecule has 2 nitrogen and oxygen atoms in total. The van der Waals surface area contributed by atoms with Gasteiger partial charge in [-0.3, -0.25) is 4.79 Å². The third-order valence-corrected chi connectivity index (χ3v) is 2.04. The second kappa shape index (κ2) is 3.71. The lowest BCUT2D eigenvalue weighted by Gasteiger charge is -2.23. The Morgan fingerprint density at radius 2 is 2.00 bits per heavy atom. The number of rotatable bonds is 4. The number of ketones is 1. The standard InChI is InChI=1S/C8H16O2/c1-5-7(9)8(3,6-2)10-4/h5-6H2,1-4H3. The van der Waals surface area contributed by atoms with E-state index in [-0.39, 0.29) is 5.78 Å². The molecule has 0 rings (SSSR count). The highest BCUT2D eigenvalue weighted by atomic mass is 16.5. The molecule has 0 fully saturated rings. The maximum absolute atomic E-state index is 11.2. The van der Waals surface area contributed by atoms with E-state index in [0.29, 0.717) is 6.42 Å². The molecule has 0 aromatic heterocycles. The van der Waals surface area contributed by atoms with Crippen LogP contribution in [0.5, 0.6) is 0 Å². The lowest BCUT2D eigenvalue weighted by Crippen LogP contribution is -2.36. The molecule has 1 atom stereocenters. The summed E-state index contributed by atoms with van der Waals surface area (Å²) >= 11 is 0. The van der Waals surface area contributed by atoms with Crippen molar-refractivity contribution >= 4 is 5.78 Å². The van der Waals surface area contributed by atoms with Gasteiger partial charge in [-0.15, -0.1) is 0 Å². The summed E-state index contributed by atoms with van der Waals surface area (Å²) in [6, 6.07) is 0. The van der Waals surface area contributed by atoms with Crippen LogP contribution < -0.4 is 0 Å². The molecule has 60 valence electrons. The molecule has 10 heavy (non-hydrogen) atoms. The first-order valence-electron chi connectivity index (χ1n) is 3.69. The Morgan fingerprint density at radius 3 is 2.10 bits per heavy atom. The molecular formula is C8H16O2. The third-order valence-electron chi connectivity index (χ3n) is 2.04. The van der Waals surface area contributed by atoms with Gasteiger partial charge in [0.25, 0.3) is 0 Å². The lowest BCUT2D eigenvalue weighted by atomic mass is 9.96. The van der Waals surface area contributed by atoms with Gasteiger partial charge >= 0.3 is 0 Å². The molecule has 0 N–H and O–H groups in total. The minimum atomic E-state index is -0.547. The Bertz CT molecular complexity index is 114. The van der Waals surface area contributed by atoms with Crippen LogP contribution in [-0.2, 0) is 9.53 Å². The van der Waals surface area contributed by atoms with Crippen molar-refractivity contribution in [1.29, 1.82) is 0 Å². The number of carbonyl (C=O) groups is 1. The zero-order valence-electron chi connectivity index (χ0n) is 7.23. The molecule has 0 aliphatic rings. The van der Waals surface area contributed by atoms with Crippen molar-refractivity contribution in [1.82, 2.24) is 0 Å². The van der Waals surface area contributed by atoms with Crippen LogP contribution in [0.4, 0.5) is 0 Å². The summed E-state index contributed by atoms with van der Waals surface area (Å²) in [5.74, 6) is 0.178. The quantitative estimate of drug-likeness (QED) is 0.601. The highest BCUT2D eigenvalue weighted by Crippen LogP contribution is 2.16. The minimum Gasteiger partial charge on any atom is -0.371 e. The highest BCUT2D eigenvalue weighted by molar-refractivity contribution is 5.86. The van der Waals surface area contributed by atoms with Crippen LogP contribution in [0.1, 0.15) is 33.6 Å². The smallest absolute Gasteiger partial charge is 0.164 e. The van der Waals surface area contributed by atoms with Crippen molar-refractivity contribution in [2.45, 2.75) is 39.2 Å². The van der Waals surface area contributed by atoms with Crippen molar-refractivity contribution in [3.05, 3.63) is 0 Å². The van der Waals surface area contributed by atoms with Crippen molar-refractivity contribution in [3.63, 3.8) is 0 Å². The Kier molecular flexibility index (Phi) is 3.58. The summed E-state index contributed by atoms with van der Waals surface area (Å²) in [5, 5.41) is 0. The van der Waals surface area contributed by atoms with Gasteiger partial charge in [0.2, 0.25) is 0 Å². The number of methoxy groups -OCH3 is 1. The van der Waals surface area contributed by atoms with E-state index in [2.05, 4.69) is 0 Å². The van der Waals surface area contributed by atoms with Crippen LogP contribution in [0.25, 0.3) is 0 Å². The van der Waals surface area contributed by atoms with Crippen molar-refractivity contribution in [2.24, 2.45) is 0 Å². The predicted octanol–water partition coefficient (Wildman–Crippen LogP) is 1.78. The number of ether oxygens (including phenoxy) is 1. The number of hydrogen-bond donors (Lipinski definition) is 0. The monoisotopic (exact) mass is 144 g/mol. The van der Waals surface area contributed by atoms with E-state index in [1.165, 1.54) is 0 Å². The van der Waals surface area contributed by atoms with Gasteiger partial charge in [0, 0.05) is 13.5 Å². The summed E-state index contributed by atoms with van der Waals surface area (Å²) in [6.07, 6.45) is 1.30. The van der Waals surface area contributed by atoms with Gasteiger partial charge in [0.05, 0.1) is 0 Å². The van der Waals surface area contributed by atoms with E-state index in [9.17, 15) is 4.79 Å². The molecule has 0 radical (unpaired) electrons. The van der Waals surface area contributed by atoms with E-state index in [1.807, 2.05) is 20.8 Å². The summed E-state index contributed by atoms with van der Waals surface area (Å²) in [6.45, 7) is 5.64. The van der Waals surface area contributed by atoms with E-state index in [1.54, 1.807) is 7.11 Å². The molecule has 0 bridgehead atoms. The molecule has 0 aromatic rings. The second-order valence-corrected chi connectivity index (χ2v) is 2.57. The summed E-state index contributed by atoms with van der Waals surface area (Å²) in [5.41, 5.74) is -0.547. The van der Waals surface area contributed by atoms with Gasteiger partial charge in [-0.1, -0.05) is 13.8 Å². The minimum absolute atomic E-state index is 0.178. The molecule has 1 unspecified atom stereocenters. The van der Waals surface area contributed by atoms with E-state index in [4.69, 9.17) is 4.74 Å². The fourth-order valence-corrected chi connectivity index (χ4v) is 0.829. The van der Waals surface area contributed by atoms with E-state index >= 15 is 0 Å². The summed E-state index contributed by atoms with van der Waals surface area (Å²) < 4.78 is 5.09. The van der Waals surface area contributed by atoms with Crippen LogP contribution >= 0.6 is 0 Å². The molecule has 0 aliphatic carbocycles. The van der Waals surface area contributed by atoms with Crippen LogP contribution in [0.15, 0.2) is 0 Å². The van der Waals surface area contributed by atoms with E-state index in [0.717, 1.165) is 6.42 Å². The van der Waals surface area contributed by atoms with Crippen molar-refractivity contribution < 1.29 is 9.53 Å². The van der Waals surface area contributed by atoms with Gasteiger partial charge in [0.1, 0.15) is 5.60 Å². The van der Waals surface area contributed by atoms with Crippen LogP contribution in [0.3, 0.4) is 0 Å². The van der Waals surface area contributed by atoms with Crippen molar-refractivity contribution in [2.75, 3.05) is 7.11 Å². The zero-order valence-corrected chi connectivity index (χ0v) is 7.23. The summed E-state index contributed by atoms with van der Waals surface area (Å²) in [4.78, 5) is 11.2. The molecule has 0 saturated heterocycles. The largest absolute Gasteiger partial charge is 0.371 e. The Balaban J connectivity index is 4.17. The molecule has 0 amide bonds. The zero-order chi connectivity index (χ0) is 8.20. The summed E-state index contributed by atoms with van der Waals surface area (Å²) in [7, 11) is 1.58. The SMILES string of the molecule is CCC(=O)C(C)(CC)OC. The third kappa shape index (κ3) is 1.81. The highest BCUT2D eigenvalue weighted by Gasteiger charge is 2.28. The van der Waals surface area contributed by atoms with Crippen LogP contribution in [-0.4, -0.2) is 18.5 Å². The predicted molar refractivity (Wildman–Crippen MR) is 41.0 cm³/mol. The molecule has 0 saturated carbocycles. The van der Waals surface area contributed by atoms with E-state index < -0.39 is 5.60 Å². The van der Waals surface area contributed by atoms with Crippen molar-refractivity contribution in [3.8, 4) is 0 Å². The molecular weight excluding hydrogens is 128 g/mol. The topological polar surface area (TPSA) is 26.3 Å². The van der Waals surface area contributed by atoms with Crippen LogP contribution in [0.2, 0.25) is 0 Å². The Labute approximate surface area is 62.6 Å². The molecule has 2 heteroatoms. The van der Waals surface area contributed by atoms with Gasteiger partial charge < -0.3 is 4.74 Å². The van der Waals surface area contributed by atoms with Gasteiger partial charge in [-0.05, 0) is 13.3 Å². The first-order valence-corrected chi connectivity index (χ1v) is 3.69. The number of hydrogen-bond acceptors (Lipinski definition) is 2. The van der Waals surface area contributed by atoms with Gasteiger partial charge in [0.15, 0.2) is 5.78 Å². The maximum Gasteiger partial charge on any atom is 0.164 e. The first kappa shape index (κ1) is 9.63. The molecule has 0 aromatic carbocycles. The second-order valence-electron chi connectivity index (χ2n) is 2.57. The lowest BCUT2D eigenvalue weighted by molar-refractivity contribution is -0.139. The molecule has 0 aliphatic heterocycles. The average molecular weight is 144 g/mol. The fraction of sp³-hybridized carbons (Fsp3) is 0.875. The Hall–Kier alpha value is -0.370. The first-order chi connectivity index (χ1) is 4.60. The average Bonchev–Trinajstić information content (AvgIpc) is 2.01. The number of carbonyl (C=O) groups excluding carboxylic acids is 1. The van der Waals surface area contributed by atoms with Gasteiger partial charge in [-0.25, -0.2) is 0 Å². The van der Waals surface area contributed by atoms with Crippen LogP contribution in [0, 0.1) is 0 Å². The Morgan fingerprint density at radius 1 is 1.50 bits per heavy atom. The molecule has 0 spiro atoms. The normalized spacial score (nSPS) is 16.4. The fourth-order valence-electron chi connectivity index (χ4n) is 0.829. The number of Topliss-reactive ketones (excluding diaryl/α,β-unsaturated/α-hetero) is 1. The molecule has 0 heterocycles. The van der Waals surface area contributed by atoms with Gasteiger partial charge in [-0.2, -0.15) is 0 Å². The maximum atomic E-state index is 11.2.